The van der Waals surface area contributed by atoms with Crippen molar-refractivity contribution in [2.24, 2.45) is 11.7 Å². The summed E-state index contributed by atoms with van der Waals surface area (Å²) >= 11 is 3.39. The van der Waals surface area contributed by atoms with E-state index in [0.717, 1.165) is 36.2 Å². The molecular weight excluding hydrogens is 258 g/mol. The number of nitrogens with two attached hydrogens (primary N) is 1. The first-order valence-corrected chi connectivity index (χ1v) is 5.79. The second-order valence-electron chi connectivity index (χ2n) is 3.97. The van der Waals surface area contributed by atoms with Gasteiger partial charge in [0.05, 0.1) is 5.92 Å². The molecule has 1 amide bonds. The van der Waals surface area contributed by atoms with E-state index >= 15 is 0 Å². The van der Waals surface area contributed by atoms with Crippen molar-refractivity contribution in [2.75, 3.05) is 13.1 Å². The number of halogens is 1. The molecule has 1 aliphatic heterocycles. The van der Waals surface area contributed by atoms with E-state index in [-0.39, 0.29) is 11.8 Å². The Kier molecular flexibility index (Phi) is 3.11. The van der Waals surface area contributed by atoms with Gasteiger partial charge in [0.15, 0.2) is 0 Å². The lowest BCUT2D eigenvalue weighted by molar-refractivity contribution is -0.121. The summed E-state index contributed by atoms with van der Waals surface area (Å²) in [5.74, 6) is -0.145. The monoisotopic (exact) mass is 271 g/mol. The molecule has 1 aromatic rings. The van der Waals surface area contributed by atoms with Gasteiger partial charge in [0, 0.05) is 29.5 Å². The number of carbonyl (C=O) groups excluding carboxylic acids is 1. The number of nitrogens with one attached hydrogen (secondary N) is 1. The van der Waals surface area contributed by atoms with Crippen LogP contribution in [0.2, 0.25) is 0 Å². The Labute approximate surface area is 97.0 Å². The molecule has 0 spiro atoms. The highest BCUT2D eigenvalue weighted by atomic mass is 79.9. The fourth-order valence-corrected chi connectivity index (χ4v) is 2.34. The predicted octanol–water partition coefficient (Wildman–Crippen LogP) is 1.08. The van der Waals surface area contributed by atoms with Crippen molar-refractivity contribution in [3.05, 3.63) is 22.4 Å². The fourth-order valence-electron chi connectivity index (χ4n) is 1.95. The largest absolute Gasteiger partial charge is 0.369 e. The molecule has 15 heavy (non-hydrogen) atoms. The molecular formula is C10H14BrN3O. The average Bonchev–Trinajstić information content (AvgIpc) is 2.76. The van der Waals surface area contributed by atoms with Gasteiger partial charge < -0.3 is 10.7 Å². The van der Waals surface area contributed by atoms with Gasteiger partial charge >= 0.3 is 0 Å². The zero-order valence-electron chi connectivity index (χ0n) is 8.37. The minimum absolute atomic E-state index is 0.0309. The van der Waals surface area contributed by atoms with Crippen molar-refractivity contribution < 1.29 is 4.79 Å². The van der Waals surface area contributed by atoms with Crippen LogP contribution in [0.25, 0.3) is 0 Å². The number of rotatable bonds is 3. The van der Waals surface area contributed by atoms with Crippen LogP contribution >= 0.6 is 15.9 Å². The number of carbonyl (C=O) groups is 1. The molecule has 2 heterocycles. The molecule has 5 heteroatoms. The van der Waals surface area contributed by atoms with Crippen molar-refractivity contribution in [1.29, 1.82) is 0 Å². The van der Waals surface area contributed by atoms with E-state index in [9.17, 15) is 4.79 Å². The van der Waals surface area contributed by atoms with Crippen molar-refractivity contribution in [2.45, 2.75) is 13.0 Å². The summed E-state index contributed by atoms with van der Waals surface area (Å²) in [6.07, 6.45) is 2.80. The van der Waals surface area contributed by atoms with Crippen molar-refractivity contribution in [1.82, 2.24) is 9.88 Å². The van der Waals surface area contributed by atoms with E-state index in [0.29, 0.717) is 0 Å². The Morgan fingerprint density at radius 2 is 2.53 bits per heavy atom. The molecule has 1 saturated heterocycles. The minimum atomic E-state index is -0.176. The molecule has 0 radical (unpaired) electrons. The summed E-state index contributed by atoms with van der Waals surface area (Å²) in [6, 6.07) is 2.05. The lowest BCUT2D eigenvalue weighted by atomic mass is 10.1. The van der Waals surface area contributed by atoms with Crippen molar-refractivity contribution >= 4 is 21.8 Å². The molecule has 0 unspecified atom stereocenters. The number of hydrogen-bond acceptors (Lipinski definition) is 2. The maximum atomic E-state index is 11.0. The number of primary amides is 1. The maximum Gasteiger partial charge on any atom is 0.221 e. The van der Waals surface area contributed by atoms with Gasteiger partial charge in [0.1, 0.15) is 0 Å². The molecule has 82 valence electrons. The number of aromatic amines is 1. The molecule has 4 nitrogen and oxygen atoms in total. The molecule has 0 bridgehead atoms. The lowest BCUT2D eigenvalue weighted by Gasteiger charge is -2.13. The van der Waals surface area contributed by atoms with Crippen LogP contribution in [0.4, 0.5) is 0 Å². The van der Waals surface area contributed by atoms with Crippen LogP contribution in [0.1, 0.15) is 12.1 Å². The quantitative estimate of drug-likeness (QED) is 0.865. The number of likely N-dealkylation sites (tertiary alicyclic amines) is 1. The summed E-state index contributed by atoms with van der Waals surface area (Å²) in [6.45, 7) is 2.59. The van der Waals surface area contributed by atoms with E-state index in [4.69, 9.17) is 5.73 Å². The first-order chi connectivity index (χ1) is 7.15. The molecule has 1 fully saturated rings. The summed E-state index contributed by atoms with van der Waals surface area (Å²) < 4.78 is 1.06. The van der Waals surface area contributed by atoms with Gasteiger partial charge in [-0.2, -0.15) is 0 Å². The lowest BCUT2D eigenvalue weighted by Crippen LogP contribution is -2.27. The van der Waals surface area contributed by atoms with E-state index in [2.05, 4.69) is 31.9 Å². The third-order valence-electron chi connectivity index (χ3n) is 2.78. The Morgan fingerprint density at radius 3 is 3.07 bits per heavy atom. The Balaban J connectivity index is 1.90. The highest BCUT2D eigenvalue weighted by Gasteiger charge is 2.26. The number of H-pyrrole nitrogens is 1. The number of amides is 1. The first-order valence-electron chi connectivity index (χ1n) is 4.99. The average molecular weight is 272 g/mol. The zero-order chi connectivity index (χ0) is 10.8. The SMILES string of the molecule is NC(=O)[C@@H]1CCN(Cc2cc(Br)c[nH]2)C1. The Bertz CT molecular complexity index is 363. The molecule has 0 aliphatic carbocycles. The molecule has 3 N–H and O–H groups in total. The van der Waals surface area contributed by atoms with Gasteiger partial charge in [-0.05, 0) is 35.0 Å². The molecule has 0 saturated carbocycles. The standard InChI is InChI=1S/C10H14BrN3O/c11-8-3-9(13-4-8)6-14-2-1-7(5-14)10(12)15/h3-4,7,13H,1-2,5-6H2,(H2,12,15)/t7-/m1/s1. The van der Waals surface area contributed by atoms with Crippen LogP contribution < -0.4 is 5.73 Å². The summed E-state index contributed by atoms with van der Waals surface area (Å²) in [7, 11) is 0. The van der Waals surface area contributed by atoms with Crippen LogP contribution in [0.5, 0.6) is 0 Å². The predicted molar refractivity (Wildman–Crippen MR) is 61.1 cm³/mol. The highest BCUT2D eigenvalue weighted by molar-refractivity contribution is 9.10. The second kappa shape index (κ2) is 4.37. The first kappa shape index (κ1) is 10.7. The van der Waals surface area contributed by atoms with Gasteiger partial charge in [-0.1, -0.05) is 0 Å². The van der Waals surface area contributed by atoms with E-state index in [1.807, 2.05) is 6.20 Å². The number of aromatic nitrogens is 1. The van der Waals surface area contributed by atoms with Gasteiger partial charge in [-0.3, -0.25) is 9.69 Å². The molecule has 0 aromatic carbocycles. The van der Waals surface area contributed by atoms with E-state index < -0.39 is 0 Å². The van der Waals surface area contributed by atoms with Gasteiger partial charge in [0.2, 0.25) is 5.91 Å². The van der Waals surface area contributed by atoms with Crippen LogP contribution in [0.15, 0.2) is 16.7 Å². The number of hydrogen-bond donors (Lipinski definition) is 2. The molecule has 1 aliphatic rings. The molecule has 2 rings (SSSR count). The number of nitrogens with zero attached hydrogens (tertiary/aromatic N) is 1. The Hall–Kier alpha value is -0.810. The third-order valence-corrected chi connectivity index (χ3v) is 3.23. The molecule has 1 aromatic heterocycles. The maximum absolute atomic E-state index is 11.0. The van der Waals surface area contributed by atoms with Crippen LogP contribution in [-0.4, -0.2) is 28.9 Å². The molecule has 1 atom stereocenters. The van der Waals surface area contributed by atoms with Crippen molar-refractivity contribution in [3.8, 4) is 0 Å². The third kappa shape index (κ3) is 2.60. The van der Waals surface area contributed by atoms with Crippen molar-refractivity contribution in [3.63, 3.8) is 0 Å². The topological polar surface area (TPSA) is 62.1 Å². The van der Waals surface area contributed by atoms with E-state index in [1.54, 1.807) is 0 Å². The zero-order valence-corrected chi connectivity index (χ0v) is 9.96. The summed E-state index contributed by atoms with van der Waals surface area (Å²) in [5.41, 5.74) is 6.44. The smallest absolute Gasteiger partial charge is 0.221 e. The minimum Gasteiger partial charge on any atom is -0.369 e. The second-order valence-corrected chi connectivity index (χ2v) is 4.88. The van der Waals surface area contributed by atoms with Gasteiger partial charge in [-0.25, -0.2) is 0 Å². The summed E-state index contributed by atoms with van der Waals surface area (Å²) in [4.78, 5) is 16.4. The summed E-state index contributed by atoms with van der Waals surface area (Å²) in [5, 5.41) is 0. The highest BCUT2D eigenvalue weighted by Crippen LogP contribution is 2.19. The normalized spacial score (nSPS) is 22.1. The Morgan fingerprint density at radius 1 is 1.73 bits per heavy atom. The van der Waals surface area contributed by atoms with E-state index in [1.165, 1.54) is 0 Å². The van der Waals surface area contributed by atoms with Crippen LogP contribution in [-0.2, 0) is 11.3 Å². The van der Waals surface area contributed by atoms with Gasteiger partial charge in [0.25, 0.3) is 0 Å². The van der Waals surface area contributed by atoms with Gasteiger partial charge in [-0.15, -0.1) is 0 Å². The van der Waals surface area contributed by atoms with Crippen LogP contribution in [0.3, 0.4) is 0 Å². The van der Waals surface area contributed by atoms with Crippen LogP contribution in [0, 0.1) is 5.92 Å². The fraction of sp³-hybridized carbons (Fsp3) is 0.500.